The van der Waals surface area contributed by atoms with Gasteiger partial charge in [0.15, 0.2) is 10.7 Å². The van der Waals surface area contributed by atoms with Crippen molar-refractivity contribution in [2.75, 3.05) is 5.32 Å². The number of ether oxygens (including phenoxy) is 1. The van der Waals surface area contributed by atoms with Crippen LogP contribution >= 0.6 is 11.3 Å². The summed E-state index contributed by atoms with van der Waals surface area (Å²) in [6, 6.07) is 13.2. The van der Waals surface area contributed by atoms with Crippen molar-refractivity contribution >= 4 is 32.6 Å². The highest BCUT2D eigenvalue weighted by molar-refractivity contribution is 7.22. The Labute approximate surface area is 136 Å². The van der Waals surface area contributed by atoms with Crippen LogP contribution in [0.1, 0.15) is 13.8 Å². The lowest BCUT2D eigenvalue weighted by molar-refractivity contribution is -0.128. The number of amides is 1. The summed E-state index contributed by atoms with van der Waals surface area (Å²) in [4.78, 5) is 16.8. The van der Waals surface area contributed by atoms with Crippen molar-refractivity contribution in [3.63, 3.8) is 0 Å². The van der Waals surface area contributed by atoms with Gasteiger partial charge in [-0.1, -0.05) is 23.5 Å². The Bertz CT molecular complexity index is 810. The van der Waals surface area contributed by atoms with Gasteiger partial charge in [-0.05, 0) is 50.2 Å². The Morgan fingerprint density at radius 3 is 2.57 bits per heavy atom. The largest absolute Gasteiger partial charge is 0.478 e. The summed E-state index contributed by atoms with van der Waals surface area (Å²) in [6.07, 6.45) is 0. The highest BCUT2D eigenvalue weighted by Crippen LogP contribution is 2.27. The van der Waals surface area contributed by atoms with Gasteiger partial charge in [-0.15, -0.1) is 0 Å². The van der Waals surface area contributed by atoms with Crippen LogP contribution in [0.3, 0.4) is 0 Å². The predicted molar refractivity (Wildman–Crippen MR) is 89.4 cm³/mol. The molecule has 0 aliphatic rings. The number of halogens is 1. The first kappa shape index (κ1) is 15.4. The maximum Gasteiger partial charge on any atom is 0.269 e. The number of para-hydroxylation sites is 1. The molecule has 0 saturated carbocycles. The molecule has 0 aliphatic carbocycles. The Morgan fingerprint density at radius 1 is 1.17 bits per heavy atom. The lowest BCUT2D eigenvalue weighted by Crippen LogP contribution is -2.42. The third kappa shape index (κ3) is 3.48. The van der Waals surface area contributed by atoms with E-state index >= 15 is 0 Å². The van der Waals surface area contributed by atoms with Gasteiger partial charge in [-0.2, -0.15) is 0 Å². The first-order valence-corrected chi connectivity index (χ1v) is 7.87. The van der Waals surface area contributed by atoms with Crippen molar-refractivity contribution in [2.45, 2.75) is 19.4 Å². The zero-order valence-corrected chi connectivity index (χ0v) is 13.5. The molecule has 3 aromatic rings. The average Bonchev–Trinajstić information content (AvgIpc) is 2.91. The van der Waals surface area contributed by atoms with Crippen molar-refractivity contribution in [1.29, 1.82) is 0 Å². The van der Waals surface area contributed by atoms with Crippen LogP contribution in [0.2, 0.25) is 0 Å². The molecule has 1 heterocycles. The molecule has 0 spiro atoms. The van der Waals surface area contributed by atoms with Gasteiger partial charge in [0.05, 0.1) is 10.2 Å². The van der Waals surface area contributed by atoms with Crippen molar-refractivity contribution in [1.82, 2.24) is 4.98 Å². The van der Waals surface area contributed by atoms with Crippen LogP contribution in [0, 0.1) is 5.82 Å². The number of aromatic nitrogens is 1. The second-order valence-electron chi connectivity index (χ2n) is 5.51. The lowest BCUT2D eigenvalue weighted by Gasteiger charge is -2.24. The molecule has 0 fully saturated rings. The van der Waals surface area contributed by atoms with E-state index in [1.54, 1.807) is 13.8 Å². The van der Waals surface area contributed by atoms with Crippen LogP contribution in [0.25, 0.3) is 10.2 Å². The molecule has 0 unspecified atom stereocenters. The van der Waals surface area contributed by atoms with Gasteiger partial charge >= 0.3 is 0 Å². The van der Waals surface area contributed by atoms with Crippen LogP contribution in [-0.4, -0.2) is 16.5 Å². The number of hydrogen-bond acceptors (Lipinski definition) is 4. The molecule has 1 aromatic heterocycles. The highest BCUT2D eigenvalue weighted by Gasteiger charge is 2.30. The minimum atomic E-state index is -1.12. The van der Waals surface area contributed by atoms with Crippen molar-refractivity contribution in [3.05, 3.63) is 54.3 Å². The van der Waals surface area contributed by atoms with Crippen molar-refractivity contribution in [2.24, 2.45) is 0 Å². The number of carbonyl (C=O) groups is 1. The van der Waals surface area contributed by atoms with E-state index in [1.165, 1.54) is 35.6 Å². The Kier molecular flexibility index (Phi) is 4.00. The maximum atomic E-state index is 12.9. The molecule has 2 aromatic carbocycles. The Balaban J connectivity index is 1.74. The summed E-state index contributed by atoms with van der Waals surface area (Å²) in [7, 11) is 0. The van der Waals surface area contributed by atoms with E-state index in [2.05, 4.69) is 10.3 Å². The van der Waals surface area contributed by atoms with E-state index in [0.29, 0.717) is 10.9 Å². The fourth-order valence-corrected chi connectivity index (χ4v) is 2.88. The third-order valence-electron chi connectivity index (χ3n) is 3.25. The lowest BCUT2D eigenvalue weighted by atomic mass is 10.1. The number of benzene rings is 2. The van der Waals surface area contributed by atoms with Crippen LogP contribution in [-0.2, 0) is 4.79 Å². The number of hydrogen-bond donors (Lipinski definition) is 1. The van der Waals surface area contributed by atoms with E-state index in [1.807, 2.05) is 24.3 Å². The molecule has 0 bridgehead atoms. The van der Waals surface area contributed by atoms with Gasteiger partial charge in [-0.3, -0.25) is 10.1 Å². The van der Waals surface area contributed by atoms with Gasteiger partial charge < -0.3 is 4.74 Å². The average molecular weight is 330 g/mol. The number of nitrogens with zero attached hydrogens (tertiary/aromatic N) is 1. The van der Waals surface area contributed by atoms with E-state index in [-0.39, 0.29) is 11.7 Å². The highest BCUT2D eigenvalue weighted by atomic mass is 32.1. The number of anilines is 1. The fourth-order valence-electron chi connectivity index (χ4n) is 2.02. The summed E-state index contributed by atoms with van der Waals surface area (Å²) in [5, 5.41) is 3.29. The van der Waals surface area contributed by atoms with Crippen molar-refractivity contribution < 1.29 is 13.9 Å². The topological polar surface area (TPSA) is 51.2 Å². The molecule has 23 heavy (non-hydrogen) atoms. The first-order chi connectivity index (χ1) is 10.9. The number of fused-ring (bicyclic) bond motifs is 1. The maximum absolute atomic E-state index is 12.9. The van der Waals surface area contributed by atoms with Gasteiger partial charge in [-0.25, -0.2) is 9.37 Å². The molecule has 118 valence electrons. The minimum absolute atomic E-state index is 0.319. The van der Waals surface area contributed by atoms with Gasteiger partial charge in [0.2, 0.25) is 0 Å². The van der Waals surface area contributed by atoms with Gasteiger partial charge in [0.25, 0.3) is 5.91 Å². The van der Waals surface area contributed by atoms with Crippen LogP contribution in [0.5, 0.6) is 5.75 Å². The van der Waals surface area contributed by atoms with E-state index in [9.17, 15) is 9.18 Å². The molecular formula is C17H15FN2O2S. The standard InChI is InChI=1S/C17H15FN2O2S/c1-17(2,22-12-9-7-11(18)8-10-12)15(21)20-16-19-13-5-3-4-6-14(13)23-16/h3-10H,1-2H3,(H,19,20,21). The summed E-state index contributed by atoms with van der Waals surface area (Å²) in [6.45, 7) is 3.30. The summed E-state index contributed by atoms with van der Waals surface area (Å²) in [5.41, 5.74) is -0.277. The van der Waals surface area contributed by atoms with E-state index < -0.39 is 5.60 Å². The van der Waals surface area contributed by atoms with Crippen molar-refractivity contribution in [3.8, 4) is 5.75 Å². The quantitative estimate of drug-likeness (QED) is 0.779. The Hall–Kier alpha value is -2.47. The summed E-state index contributed by atoms with van der Waals surface area (Å²) >= 11 is 1.40. The molecule has 6 heteroatoms. The van der Waals surface area contributed by atoms with Gasteiger partial charge in [0, 0.05) is 0 Å². The van der Waals surface area contributed by atoms with Gasteiger partial charge in [0.1, 0.15) is 11.6 Å². The van der Waals surface area contributed by atoms with Crippen LogP contribution in [0.4, 0.5) is 9.52 Å². The summed E-state index contributed by atoms with van der Waals surface area (Å²) in [5.74, 6) is -0.245. The summed E-state index contributed by atoms with van der Waals surface area (Å²) < 4.78 is 19.6. The number of nitrogens with one attached hydrogen (secondary N) is 1. The third-order valence-corrected chi connectivity index (χ3v) is 4.20. The second kappa shape index (κ2) is 5.96. The molecule has 0 saturated heterocycles. The molecule has 4 nitrogen and oxygen atoms in total. The fraction of sp³-hybridized carbons (Fsp3) is 0.176. The number of rotatable bonds is 4. The monoisotopic (exact) mass is 330 g/mol. The predicted octanol–water partition coefficient (Wildman–Crippen LogP) is 4.23. The Morgan fingerprint density at radius 2 is 1.87 bits per heavy atom. The zero-order valence-electron chi connectivity index (χ0n) is 12.7. The first-order valence-electron chi connectivity index (χ1n) is 7.06. The van der Waals surface area contributed by atoms with Crippen LogP contribution in [0.15, 0.2) is 48.5 Å². The zero-order chi connectivity index (χ0) is 16.4. The molecule has 0 radical (unpaired) electrons. The second-order valence-corrected chi connectivity index (χ2v) is 6.54. The smallest absolute Gasteiger partial charge is 0.269 e. The number of thiazole rings is 1. The van der Waals surface area contributed by atoms with E-state index in [0.717, 1.165) is 10.2 Å². The molecule has 0 aliphatic heterocycles. The molecule has 1 amide bonds. The molecule has 3 rings (SSSR count). The van der Waals surface area contributed by atoms with E-state index in [4.69, 9.17) is 4.74 Å². The van der Waals surface area contributed by atoms with Crippen LogP contribution < -0.4 is 10.1 Å². The molecule has 1 N–H and O–H groups in total. The molecular weight excluding hydrogens is 315 g/mol. The normalized spacial score (nSPS) is 11.4. The molecule has 0 atom stereocenters. The minimum Gasteiger partial charge on any atom is -0.478 e. The SMILES string of the molecule is CC(C)(Oc1ccc(F)cc1)C(=O)Nc1nc2ccccc2s1. The number of carbonyl (C=O) groups excluding carboxylic acids is 1.